The van der Waals surface area contributed by atoms with Crippen molar-refractivity contribution in [1.29, 1.82) is 0 Å². The van der Waals surface area contributed by atoms with E-state index in [1.807, 2.05) is 31.2 Å². The quantitative estimate of drug-likeness (QED) is 0.521. The van der Waals surface area contributed by atoms with Crippen LogP contribution < -0.4 is 4.74 Å². The molecule has 4 heteroatoms. The van der Waals surface area contributed by atoms with Gasteiger partial charge in [0.2, 0.25) is 0 Å². The summed E-state index contributed by atoms with van der Waals surface area (Å²) in [6, 6.07) is 7.82. The van der Waals surface area contributed by atoms with Crippen LogP contribution >= 0.6 is 0 Å². The van der Waals surface area contributed by atoms with E-state index in [0.29, 0.717) is 12.1 Å². The highest BCUT2D eigenvalue weighted by atomic mass is 16.5. The van der Waals surface area contributed by atoms with E-state index < -0.39 is 0 Å². The molecule has 1 saturated carbocycles. The van der Waals surface area contributed by atoms with Gasteiger partial charge in [-0.1, -0.05) is 12.1 Å². The second-order valence-electron chi connectivity index (χ2n) is 6.04. The number of hydrogen-bond donors (Lipinski definition) is 1. The average molecular weight is 289 g/mol. The standard InChI is InChI=1S/C17H23NO3/c1-2-16(18-19)13-4-6-14(7-5-13)21-15-8-11-20-17(12-15)9-3-10-17/h4-7,15,19H,2-3,8-12H2,1H3/b18-16-. The zero-order chi connectivity index (χ0) is 14.7. The number of ether oxygens (including phenoxy) is 2. The van der Waals surface area contributed by atoms with Gasteiger partial charge in [-0.15, -0.1) is 0 Å². The topological polar surface area (TPSA) is 51.1 Å². The van der Waals surface area contributed by atoms with E-state index in [-0.39, 0.29) is 11.7 Å². The van der Waals surface area contributed by atoms with Crippen LogP contribution in [-0.4, -0.2) is 29.2 Å². The summed E-state index contributed by atoms with van der Waals surface area (Å²) in [6.07, 6.45) is 6.56. The first kappa shape index (κ1) is 14.4. The van der Waals surface area contributed by atoms with Crippen LogP contribution in [0.5, 0.6) is 5.75 Å². The smallest absolute Gasteiger partial charge is 0.119 e. The molecule has 1 spiro atoms. The van der Waals surface area contributed by atoms with E-state index in [1.165, 1.54) is 19.3 Å². The minimum atomic E-state index is 0.113. The lowest BCUT2D eigenvalue weighted by atomic mass is 9.74. The maximum Gasteiger partial charge on any atom is 0.119 e. The fourth-order valence-electron chi connectivity index (χ4n) is 3.25. The molecule has 3 rings (SSSR count). The van der Waals surface area contributed by atoms with Crippen LogP contribution in [0.4, 0.5) is 0 Å². The molecule has 4 nitrogen and oxygen atoms in total. The molecule has 0 amide bonds. The van der Waals surface area contributed by atoms with E-state index in [4.69, 9.17) is 14.7 Å². The molecule has 1 aromatic rings. The van der Waals surface area contributed by atoms with Crippen molar-refractivity contribution in [2.75, 3.05) is 6.61 Å². The van der Waals surface area contributed by atoms with E-state index in [9.17, 15) is 0 Å². The Bertz CT molecular complexity index is 505. The van der Waals surface area contributed by atoms with Crippen molar-refractivity contribution in [3.63, 3.8) is 0 Å². The van der Waals surface area contributed by atoms with Crippen molar-refractivity contribution >= 4 is 5.71 Å². The zero-order valence-corrected chi connectivity index (χ0v) is 12.5. The Balaban J connectivity index is 1.62. The molecule has 1 atom stereocenters. The number of oxime groups is 1. The minimum absolute atomic E-state index is 0.113. The summed E-state index contributed by atoms with van der Waals surface area (Å²) in [5.41, 5.74) is 1.75. The largest absolute Gasteiger partial charge is 0.490 e. The molecular formula is C17H23NO3. The second-order valence-corrected chi connectivity index (χ2v) is 6.04. The summed E-state index contributed by atoms with van der Waals surface area (Å²) in [7, 11) is 0. The lowest BCUT2D eigenvalue weighted by Crippen LogP contribution is -2.48. The predicted octanol–water partition coefficient (Wildman–Crippen LogP) is 3.76. The number of benzene rings is 1. The van der Waals surface area contributed by atoms with E-state index >= 15 is 0 Å². The highest BCUT2D eigenvalue weighted by Gasteiger charge is 2.43. The first-order chi connectivity index (χ1) is 10.2. The highest BCUT2D eigenvalue weighted by molar-refractivity contribution is 6.00. The lowest BCUT2D eigenvalue weighted by Gasteiger charge is -2.46. The van der Waals surface area contributed by atoms with Gasteiger partial charge in [-0.3, -0.25) is 0 Å². The van der Waals surface area contributed by atoms with Crippen molar-refractivity contribution in [2.24, 2.45) is 5.16 Å². The first-order valence-electron chi connectivity index (χ1n) is 7.87. The van der Waals surface area contributed by atoms with Gasteiger partial charge in [0.1, 0.15) is 11.9 Å². The Morgan fingerprint density at radius 1 is 1.38 bits per heavy atom. The Labute approximate surface area is 125 Å². The molecule has 1 unspecified atom stereocenters. The predicted molar refractivity (Wildman–Crippen MR) is 81.2 cm³/mol. The van der Waals surface area contributed by atoms with Crippen molar-refractivity contribution in [3.05, 3.63) is 29.8 Å². The third-order valence-electron chi connectivity index (χ3n) is 4.66. The molecule has 1 aliphatic heterocycles. The van der Waals surface area contributed by atoms with Crippen LogP contribution in [0, 0.1) is 0 Å². The second kappa shape index (κ2) is 6.06. The van der Waals surface area contributed by atoms with Crippen LogP contribution in [0.25, 0.3) is 0 Å². The first-order valence-corrected chi connectivity index (χ1v) is 7.87. The third-order valence-corrected chi connectivity index (χ3v) is 4.66. The molecular weight excluding hydrogens is 266 g/mol. The summed E-state index contributed by atoms with van der Waals surface area (Å²) in [5, 5.41) is 12.3. The Kier molecular flexibility index (Phi) is 4.15. The van der Waals surface area contributed by atoms with Crippen LogP contribution in [0.15, 0.2) is 29.4 Å². The van der Waals surface area contributed by atoms with Gasteiger partial charge in [0.25, 0.3) is 0 Å². The fourth-order valence-corrected chi connectivity index (χ4v) is 3.25. The van der Waals surface area contributed by atoms with Crippen LogP contribution in [0.1, 0.15) is 51.0 Å². The van der Waals surface area contributed by atoms with E-state index in [1.54, 1.807) is 0 Å². The molecule has 21 heavy (non-hydrogen) atoms. The van der Waals surface area contributed by atoms with Gasteiger partial charge in [0.05, 0.1) is 17.9 Å². The zero-order valence-electron chi connectivity index (χ0n) is 12.5. The minimum Gasteiger partial charge on any atom is -0.490 e. The Hall–Kier alpha value is -1.55. The molecule has 0 bridgehead atoms. The SMILES string of the molecule is CC/C(=N/O)c1ccc(OC2CCOC3(CCC3)C2)cc1. The maximum atomic E-state index is 8.94. The summed E-state index contributed by atoms with van der Waals surface area (Å²) in [5.74, 6) is 0.883. The van der Waals surface area contributed by atoms with Crippen LogP contribution in [0.3, 0.4) is 0 Å². The Morgan fingerprint density at radius 3 is 2.71 bits per heavy atom. The van der Waals surface area contributed by atoms with Gasteiger partial charge in [0.15, 0.2) is 0 Å². The van der Waals surface area contributed by atoms with Crippen molar-refractivity contribution in [2.45, 2.75) is 57.2 Å². The summed E-state index contributed by atoms with van der Waals surface area (Å²) < 4.78 is 12.0. The van der Waals surface area contributed by atoms with Gasteiger partial charge < -0.3 is 14.7 Å². The molecule has 1 saturated heterocycles. The molecule has 1 aliphatic carbocycles. The summed E-state index contributed by atoms with van der Waals surface area (Å²) in [4.78, 5) is 0. The van der Waals surface area contributed by atoms with Gasteiger partial charge in [-0.2, -0.15) is 0 Å². The molecule has 2 aliphatic rings. The molecule has 114 valence electrons. The number of nitrogens with zero attached hydrogens (tertiary/aromatic N) is 1. The molecule has 1 heterocycles. The monoisotopic (exact) mass is 289 g/mol. The van der Waals surface area contributed by atoms with Gasteiger partial charge in [-0.05, 0) is 55.5 Å². The van der Waals surface area contributed by atoms with Crippen molar-refractivity contribution < 1.29 is 14.7 Å². The maximum absolute atomic E-state index is 8.94. The summed E-state index contributed by atoms with van der Waals surface area (Å²) in [6.45, 7) is 2.78. The van der Waals surface area contributed by atoms with E-state index in [0.717, 1.165) is 30.8 Å². The number of rotatable bonds is 4. The number of hydrogen-bond acceptors (Lipinski definition) is 4. The third kappa shape index (κ3) is 3.05. The van der Waals surface area contributed by atoms with E-state index in [2.05, 4.69) is 5.16 Å². The molecule has 1 N–H and O–H groups in total. The normalized spacial score (nSPS) is 24.6. The molecule has 2 fully saturated rings. The van der Waals surface area contributed by atoms with Crippen LogP contribution in [-0.2, 0) is 4.74 Å². The van der Waals surface area contributed by atoms with Gasteiger partial charge in [0, 0.05) is 12.8 Å². The molecule has 1 aromatic carbocycles. The summed E-state index contributed by atoms with van der Waals surface area (Å²) >= 11 is 0. The average Bonchev–Trinajstić information content (AvgIpc) is 2.49. The van der Waals surface area contributed by atoms with Crippen molar-refractivity contribution in [1.82, 2.24) is 0 Å². The van der Waals surface area contributed by atoms with Gasteiger partial charge >= 0.3 is 0 Å². The Morgan fingerprint density at radius 2 is 2.14 bits per heavy atom. The fraction of sp³-hybridized carbons (Fsp3) is 0.588. The highest BCUT2D eigenvalue weighted by Crippen LogP contribution is 2.43. The molecule has 0 radical (unpaired) electrons. The van der Waals surface area contributed by atoms with Gasteiger partial charge in [-0.25, -0.2) is 0 Å². The van der Waals surface area contributed by atoms with Crippen LogP contribution in [0.2, 0.25) is 0 Å². The molecule has 0 aromatic heterocycles. The van der Waals surface area contributed by atoms with Crippen molar-refractivity contribution in [3.8, 4) is 5.75 Å². The lowest BCUT2D eigenvalue weighted by molar-refractivity contribution is -0.153.